The highest BCUT2D eigenvalue weighted by molar-refractivity contribution is 7.90. The summed E-state index contributed by atoms with van der Waals surface area (Å²) >= 11 is 1.27. The number of carbonyl (C=O) groups excluding carboxylic acids is 1. The monoisotopic (exact) mass is 412 g/mol. The Kier molecular flexibility index (Phi) is 6.12. The molecule has 0 spiro atoms. The van der Waals surface area contributed by atoms with Crippen LogP contribution in [0.4, 0.5) is 0 Å². The predicted octanol–water partition coefficient (Wildman–Crippen LogP) is 3.19. The van der Waals surface area contributed by atoms with E-state index in [1.54, 1.807) is 22.8 Å². The number of thiazole rings is 1. The summed E-state index contributed by atoms with van der Waals surface area (Å²) in [5.74, 6) is 2.35. The lowest BCUT2D eigenvalue weighted by Gasteiger charge is -2.01. The smallest absolute Gasteiger partial charge is 0.248 e. The largest absolute Gasteiger partial charge is 0.305 e. The van der Waals surface area contributed by atoms with Crippen molar-refractivity contribution in [3.8, 4) is 12.3 Å². The molecule has 0 saturated heterocycles. The van der Waals surface area contributed by atoms with Crippen LogP contribution in [0.5, 0.6) is 0 Å². The molecule has 0 bridgehead atoms. The van der Waals surface area contributed by atoms with Gasteiger partial charge in [-0.15, -0.1) is 6.42 Å². The number of benzene rings is 2. The lowest BCUT2D eigenvalue weighted by Crippen LogP contribution is -2.16. The molecule has 0 fully saturated rings. The van der Waals surface area contributed by atoms with E-state index in [2.05, 4.69) is 10.9 Å². The first kappa shape index (κ1) is 20.1. The van der Waals surface area contributed by atoms with Gasteiger partial charge in [-0.3, -0.25) is 4.79 Å². The molecule has 2 aromatic carbocycles. The van der Waals surface area contributed by atoms with Crippen molar-refractivity contribution in [3.05, 3.63) is 58.9 Å². The molecule has 5 nitrogen and oxygen atoms in total. The van der Waals surface area contributed by atoms with Gasteiger partial charge in [0.1, 0.15) is 0 Å². The van der Waals surface area contributed by atoms with Crippen molar-refractivity contribution in [2.45, 2.75) is 30.7 Å². The van der Waals surface area contributed by atoms with E-state index < -0.39 is 9.84 Å². The molecular weight excluding hydrogens is 392 g/mol. The summed E-state index contributed by atoms with van der Waals surface area (Å²) in [5, 5.41) is 0. The Balaban J connectivity index is 1.86. The predicted molar refractivity (Wildman–Crippen MR) is 112 cm³/mol. The fourth-order valence-corrected chi connectivity index (χ4v) is 4.67. The number of fused-ring (bicyclic) bond motifs is 1. The van der Waals surface area contributed by atoms with Crippen LogP contribution in [0.2, 0.25) is 0 Å². The maximum absolute atomic E-state index is 12.3. The molecule has 0 N–H and O–H groups in total. The van der Waals surface area contributed by atoms with Crippen LogP contribution < -0.4 is 4.80 Å². The third kappa shape index (κ3) is 4.77. The second-order valence-electron chi connectivity index (χ2n) is 6.42. The molecule has 3 rings (SSSR count). The molecule has 1 amide bonds. The molecule has 7 heteroatoms. The molecule has 0 aliphatic carbocycles. The van der Waals surface area contributed by atoms with Crippen LogP contribution in [0.3, 0.4) is 0 Å². The Labute approximate surface area is 168 Å². The normalized spacial score (nSPS) is 12.2. The van der Waals surface area contributed by atoms with Crippen molar-refractivity contribution in [1.29, 1.82) is 0 Å². The van der Waals surface area contributed by atoms with Gasteiger partial charge in [0.05, 0.1) is 21.7 Å². The van der Waals surface area contributed by atoms with Crippen molar-refractivity contribution in [1.82, 2.24) is 4.57 Å². The van der Waals surface area contributed by atoms with Crippen LogP contribution in [0.1, 0.15) is 18.4 Å². The highest BCUT2D eigenvalue weighted by Crippen LogP contribution is 2.22. The third-order valence-corrected chi connectivity index (χ3v) is 6.40. The SMILES string of the molecule is C#CCn1c(=NC(=O)CCCc2ccccc2)sc2cc(S(C)(=O)=O)ccc21. The Morgan fingerprint density at radius 2 is 1.96 bits per heavy atom. The van der Waals surface area contributed by atoms with E-state index in [1.807, 2.05) is 30.3 Å². The highest BCUT2D eigenvalue weighted by atomic mass is 32.2. The first-order chi connectivity index (χ1) is 13.4. The van der Waals surface area contributed by atoms with Gasteiger partial charge < -0.3 is 4.57 Å². The van der Waals surface area contributed by atoms with Crippen LogP contribution in [-0.4, -0.2) is 25.1 Å². The van der Waals surface area contributed by atoms with E-state index in [9.17, 15) is 13.2 Å². The molecule has 0 radical (unpaired) electrons. The summed E-state index contributed by atoms with van der Waals surface area (Å²) in [7, 11) is -3.31. The molecule has 144 valence electrons. The Morgan fingerprint density at radius 3 is 2.64 bits per heavy atom. The lowest BCUT2D eigenvalue weighted by molar-refractivity contribution is -0.118. The highest BCUT2D eigenvalue weighted by Gasteiger charge is 2.12. The zero-order valence-corrected chi connectivity index (χ0v) is 17.1. The summed E-state index contributed by atoms with van der Waals surface area (Å²) < 4.78 is 26.1. The average molecular weight is 413 g/mol. The fourth-order valence-electron chi connectivity index (χ4n) is 2.86. The van der Waals surface area contributed by atoms with E-state index in [-0.39, 0.29) is 17.3 Å². The number of hydrogen-bond acceptors (Lipinski definition) is 4. The van der Waals surface area contributed by atoms with E-state index in [0.717, 1.165) is 16.6 Å². The van der Waals surface area contributed by atoms with Gasteiger partial charge in [-0.05, 0) is 36.6 Å². The zero-order chi connectivity index (χ0) is 20.1. The van der Waals surface area contributed by atoms with Gasteiger partial charge in [0.25, 0.3) is 0 Å². The minimum Gasteiger partial charge on any atom is -0.305 e. The van der Waals surface area contributed by atoms with Crippen LogP contribution in [0, 0.1) is 12.3 Å². The number of aromatic nitrogens is 1. The molecule has 0 aliphatic heterocycles. The van der Waals surface area contributed by atoms with E-state index >= 15 is 0 Å². The molecule has 3 aromatic rings. The van der Waals surface area contributed by atoms with Gasteiger partial charge in [0, 0.05) is 12.7 Å². The number of sulfone groups is 1. The molecule has 0 atom stereocenters. The second kappa shape index (κ2) is 8.55. The van der Waals surface area contributed by atoms with Crippen LogP contribution in [0.25, 0.3) is 10.2 Å². The van der Waals surface area contributed by atoms with Crippen LogP contribution >= 0.6 is 11.3 Å². The number of terminal acetylenes is 1. The van der Waals surface area contributed by atoms with Crippen molar-refractivity contribution >= 4 is 37.3 Å². The zero-order valence-electron chi connectivity index (χ0n) is 15.5. The molecule has 1 aromatic heterocycles. The van der Waals surface area contributed by atoms with Gasteiger partial charge in [-0.25, -0.2) is 8.42 Å². The summed E-state index contributed by atoms with van der Waals surface area (Å²) in [6, 6.07) is 14.8. The quantitative estimate of drug-likeness (QED) is 0.584. The number of aryl methyl sites for hydroxylation is 1. The van der Waals surface area contributed by atoms with Gasteiger partial charge in [-0.1, -0.05) is 47.6 Å². The van der Waals surface area contributed by atoms with Crippen molar-refractivity contribution in [3.63, 3.8) is 0 Å². The number of nitrogens with zero attached hydrogens (tertiary/aromatic N) is 2. The maximum Gasteiger partial charge on any atom is 0.248 e. The molecule has 1 heterocycles. The summed E-state index contributed by atoms with van der Waals surface area (Å²) in [5.41, 5.74) is 1.96. The fraction of sp³-hybridized carbons (Fsp3) is 0.238. The van der Waals surface area contributed by atoms with Gasteiger partial charge in [0.2, 0.25) is 5.91 Å². The minimum atomic E-state index is -3.31. The molecular formula is C21H20N2O3S2. The lowest BCUT2D eigenvalue weighted by atomic mass is 10.1. The molecule has 0 unspecified atom stereocenters. The maximum atomic E-state index is 12.3. The Hall–Kier alpha value is -2.69. The number of hydrogen-bond donors (Lipinski definition) is 0. The molecule has 0 saturated carbocycles. The first-order valence-corrected chi connectivity index (χ1v) is 11.5. The standard InChI is InChI=1S/C21H20N2O3S2/c1-3-14-23-18-13-12-17(28(2,25)26)15-19(18)27-21(23)22-20(24)11-7-10-16-8-5-4-6-9-16/h1,4-6,8-9,12-13,15H,7,10-11,14H2,2H3. The Bertz CT molecular complexity index is 1210. The van der Waals surface area contributed by atoms with E-state index in [1.165, 1.54) is 23.2 Å². The van der Waals surface area contributed by atoms with Crippen LogP contribution in [-0.2, 0) is 27.6 Å². The summed E-state index contributed by atoms with van der Waals surface area (Å²) in [6.45, 7) is 0.258. The van der Waals surface area contributed by atoms with Crippen LogP contribution in [0.15, 0.2) is 58.4 Å². The van der Waals surface area contributed by atoms with Crippen molar-refractivity contribution in [2.24, 2.45) is 4.99 Å². The van der Waals surface area contributed by atoms with E-state index in [4.69, 9.17) is 6.42 Å². The minimum absolute atomic E-state index is 0.211. The molecule has 0 aliphatic rings. The third-order valence-electron chi connectivity index (χ3n) is 4.25. The topological polar surface area (TPSA) is 68.5 Å². The summed E-state index contributed by atoms with van der Waals surface area (Å²) in [6.07, 6.45) is 8.50. The van der Waals surface area contributed by atoms with Gasteiger partial charge in [-0.2, -0.15) is 4.99 Å². The molecule has 28 heavy (non-hydrogen) atoms. The second-order valence-corrected chi connectivity index (χ2v) is 9.45. The van der Waals surface area contributed by atoms with E-state index in [0.29, 0.717) is 17.6 Å². The first-order valence-electron chi connectivity index (χ1n) is 8.77. The van der Waals surface area contributed by atoms with Crippen molar-refractivity contribution in [2.75, 3.05) is 6.26 Å². The Morgan fingerprint density at radius 1 is 1.21 bits per heavy atom. The summed E-state index contributed by atoms with van der Waals surface area (Å²) in [4.78, 5) is 17.3. The average Bonchev–Trinajstić information content (AvgIpc) is 2.99. The number of carbonyl (C=O) groups is 1. The van der Waals surface area contributed by atoms with Gasteiger partial charge in [0.15, 0.2) is 14.6 Å². The number of amides is 1. The van der Waals surface area contributed by atoms with Gasteiger partial charge >= 0.3 is 0 Å². The number of rotatable bonds is 6. The van der Waals surface area contributed by atoms with Crippen molar-refractivity contribution < 1.29 is 13.2 Å².